The number of piperazine rings is 1. The Labute approximate surface area is 128 Å². The fourth-order valence-electron chi connectivity index (χ4n) is 3.95. The molecule has 0 bridgehead atoms. The van der Waals surface area contributed by atoms with E-state index in [9.17, 15) is 9.59 Å². The van der Waals surface area contributed by atoms with Gasteiger partial charge in [0, 0.05) is 6.54 Å². The van der Waals surface area contributed by atoms with E-state index >= 15 is 0 Å². The smallest absolute Gasteiger partial charge is 0.248 e. The van der Waals surface area contributed by atoms with Crippen molar-refractivity contribution in [2.45, 2.75) is 84.2 Å². The maximum absolute atomic E-state index is 13.0. The van der Waals surface area contributed by atoms with Gasteiger partial charge in [-0.2, -0.15) is 0 Å². The van der Waals surface area contributed by atoms with Gasteiger partial charge in [-0.15, -0.1) is 0 Å². The third kappa shape index (κ3) is 2.82. The van der Waals surface area contributed by atoms with E-state index in [-0.39, 0.29) is 23.3 Å². The summed E-state index contributed by atoms with van der Waals surface area (Å²) >= 11 is 0. The Morgan fingerprint density at radius 3 is 2.24 bits per heavy atom. The molecule has 1 N–H and O–H groups in total. The van der Waals surface area contributed by atoms with Crippen molar-refractivity contribution in [3.63, 3.8) is 0 Å². The summed E-state index contributed by atoms with van der Waals surface area (Å²) in [5, 5.41) is 2.95. The first kappa shape index (κ1) is 16.3. The Bertz CT molecular complexity index is 415. The summed E-state index contributed by atoms with van der Waals surface area (Å²) in [5.41, 5.74) is -0.494. The van der Waals surface area contributed by atoms with Crippen molar-refractivity contribution in [1.29, 1.82) is 0 Å². The van der Waals surface area contributed by atoms with E-state index in [0.29, 0.717) is 12.8 Å². The summed E-state index contributed by atoms with van der Waals surface area (Å²) in [7, 11) is 0. The van der Waals surface area contributed by atoms with Gasteiger partial charge in [0.2, 0.25) is 11.8 Å². The zero-order chi connectivity index (χ0) is 15.7. The second-order valence-electron chi connectivity index (χ2n) is 7.09. The molecule has 1 heterocycles. The number of carbonyl (C=O) groups is 2. The number of rotatable bonds is 5. The fraction of sp³-hybridized carbons (Fsp3) is 0.882. The SMILES string of the molecule is CCC1C(=O)NC(C)(CC)C(=O)N1CC1(CC)CCCC1. The van der Waals surface area contributed by atoms with Crippen LogP contribution in [0.3, 0.4) is 0 Å². The van der Waals surface area contributed by atoms with Crippen LogP contribution >= 0.6 is 0 Å². The number of hydrogen-bond acceptors (Lipinski definition) is 2. The molecule has 2 unspecified atom stereocenters. The van der Waals surface area contributed by atoms with E-state index in [1.165, 1.54) is 25.7 Å². The molecule has 0 radical (unpaired) electrons. The predicted molar refractivity (Wildman–Crippen MR) is 83.8 cm³/mol. The van der Waals surface area contributed by atoms with Gasteiger partial charge in [-0.05, 0) is 44.4 Å². The van der Waals surface area contributed by atoms with Crippen LogP contribution in [0.5, 0.6) is 0 Å². The molecule has 2 amide bonds. The van der Waals surface area contributed by atoms with E-state index in [1.807, 2.05) is 25.7 Å². The molecule has 0 aromatic carbocycles. The summed E-state index contributed by atoms with van der Waals surface area (Å²) in [6.45, 7) is 8.79. The molecule has 2 aliphatic rings. The molecular weight excluding hydrogens is 264 g/mol. The Morgan fingerprint density at radius 2 is 1.76 bits per heavy atom. The minimum Gasteiger partial charge on any atom is -0.340 e. The number of nitrogens with zero attached hydrogens (tertiary/aromatic N) is 1. The Hall–Kier alpha value is -1.06. The number of nitrogens with one attached hydrogen (secondary N) is 1. The van der Waals surface area contributed by atoms with Gasteiger partial charge in [0.25, 0.3) is 0 Å². The lowest BCUT2D eigenvalue weighted by atomic mass is 9.81. The third-order valence-corrected chi connectivity index (χ3v) is 5.82. The minimum atomic E-state index is -0.726. The quantitative estimate of drug-likeness (QED) is 0.847. The van der Waals surface area contributed by atoms with Crippen LogP contribution in [-0.2, 0) is 9.59 Å². The molecule has 0 aromatic rings. The second kappa shape index (κ2) is 5.98. The number of hydrogen-bond donors (Lipinski definition) is 1. The summed E-state index contributed by atoms with van der Waals surface area (Å²) in [5.74, 6) is 0.127. The van der Waals surface area contributed by atoms with Crippen molar-refractivity contribution in [3.8, 4) is 0 Å². The molecule has 4 nitrogen and oxygen atoms in total. The molecule has 1 aliphatic carbocycles. The Morgan fingerprint density at radius 1 is 1.14 bits per heavy atom. The average Bonchev–Trinajstić information content (AvgIpc) is 2.94. The fourth-order valence-corrected chi connectivity index (χ4v) is 3.95. The van der Waals surface area contributed by atoms with E-state index in [2.05, 4.69) is 12.2 Å². The molecule has 4 heteroatoms. The highest BCUT2D eigenvalue weighted by atomic mass is 16.2. The summed E-state index contributed by atoms with van der Waals surface area (Å²) < 4.78 is 0. The minimum absolute atomic E-state index is 0.0192. The van der Waals surface area contributed by atoms with Gasteiger partial charge in [0.15, 0.2) is 0 Å². The molecule has 120 valence electrons. The van der Waals surface area contributed by atoms with Crippen LogP contribution in [0.4, 0.5) is 0 Å². The highest BCUT2D eigenvalue weighted by Crippen LogP contribution is 2.42. The van der Waals surface area contributed by atoms with Gasteiger partial charge in [-0.25, -0.2) is 0 Å². The standard InChI is InChI=1S/C17H30N2O2/c1-5-13-14(20)18-16(4,6-2)15(21)19(13)12-17(7-3)10-8-9-11-17/h13H,5-12H2,1-4H3,(H,18,20). The highest BCUT2D eigenvalue weighted by molar-refractivity contribution is 5.99. The van der Waals surface area contributed by atoms with Crippen molar-refractivity contribution in [2.75, 3.05) is 6.54 Å². The highest BCUT2D eigenvalue weighted by Gasteiger charge is 2.48. The lowest BCUT2D eigenvalue weighted by Gasteiger charge is -2.47. The van der Waals surface area contributed by atoms with Gasteiger partial charge < -0.3 is 10.2 Å². The molecule has 2 rings (SSSR count). The average molecular weight is 294 g/mol. The van der Waals surface area contributed by atoms with Crippen molar-refractivity contribution >= 4 is 11.8 Å². The van der Waals surface area contributed by atoms with Crippen molar-refractivity contribution in [2.24, 2.45) is 5.41 Å². The maximum atomic E-state index is 13.0. The van der Waals surface area contributed by atoms with Gasteiger partial charge >= 0.3 is 0 Å². The predicted octanol–water partition coefficient (Wildman–Crippen LogP) is 2.86. The molecule has 0 spiro atoms. The first-order valence-electron chi connectivity index (χ1n) is 8.54. The lowest BCUT2D eigenvalue weighted by molar-refractivity contribution is -0.156. The molecule has 2 atom stereocenters. The topological polar surface area (TPSA) is 49.4 Å². The van der Waals surface area contributed by atoms with Gasteiger partial charge in [0.1, 0.15) is 11.6 Å². The molecule has 1 saturated heterocycles. The van der Waals surface area contributed by atoms with Gasteiger partial charge in [0.05, 0.1) is 0 Å². The van der Waals surface area contributed by atoms with Crippen LogP contribution in [-0.4, -0.2) is 34.8 Å². The van der Waals surface area contributed by atoms with Gasteiger partial charge in [-0.1, -0.05) is 33.6 Å². The summed E-state index contributed by atoms with van der Waals surface area (Å²) in [6, 6.07) is -0.291. The maximum Gasteiger partial charge on any atom is 0.248 e. The molecular formula is C17H30N2O2. The number of carbonyl (C=O) groups excluding carboxylic acids is 2. The normalized spacial score (nSPS) is 32.4. The van der Waals surface area contributed by atoms with E-state index in [1.54, 1.807) is 0 Å². The van der Waals surface area contributed by atoms with Crippen LogP contribution in [0.25, 0.3) is 0 Å². The zero-order valence-corrected chi connectivity index (χ0v) is 14.0. The van der Waals surface area contributed by atoms with Crippen LogP contribution in [0.2, 0.25) is 0 Å². The molecule has 0 aromatic heterocycles. The molecule has 1 aliphatic heterocycles. The van der Waals surface area contributed by atoms with Crippen molar-refractivity contribution in [1.82, 2.24) is 10.2 Å². The second-order valence-corrected chi connectivity index (χ2v) is 7.09. The van der Waals surface area contributed by atoms with E-state index < -0.39 is 5.54 Å². The van der Waals surface area contributed by atoms with Gasteiger partial charge in [-0.3, -0.25) is 9.59 Å². The largest absolute Gasteiger partial charge is 0.340 e. The van der Waals surface area contributed by atoms with Crippen molar-refractivity contribution < 1.29 is 9.59 Å². The monoisotopic (exact) mass is 294 g/mol. The van der Waals surface area contributed by atoms with Crippen LogP contribution in [0.1, 0.15) is 72.6 Å². The molecule has 1 saturated carbocycles. The molecule has 21 heavy (non-hydrogen) atoms. The van der Waals surface area contributed by atoms with Crippen molar-refractivity contribution in [3.05, 3.63) is 0 Å². The summed E-state index contributed by atoms with van der Waals surface area (Å²) in [4.78, 5) is 27.3. The first-order chi connectivity index (χ1) is 9.91. The molecule has 2 fully saturated rings. The Kier molecular flexibility index (Phi) is 4.64. The summed E-state index contributed by atoms with van der Waals surface area (Å²) in [6.07, 6.45) is 7.31. The van der Waals surface area contributed by atoms with E-state index in [0.717, 1.165) is 13.0 Å². The van der Waals surface area contributed by atoms with Crippen LogP contribution in [0.15, 0.2) is 0 Å². The van der Waals surface area contributed by atoms with E-state index in [4.69, 9.17) is 0 Å². The Balaban J connectivity index is 2.27. The van der Waals surface area contributed by atoms with Crippen LogP contribution in [0, 0.1) is 5.41 Å². The third-order valence-electron chi connectivity index (χ3n) is 5.82. The van der Waals surface area contributed by atoms with Crippen LogP contribution < -0.4 is 5.32 Å². The lowest BCUT2D eigenvalue weighted by Crippen LogP contribution is -2.69. The zero-order valence-electron chi connectivity index (χ0n) is 14.0. The number of amides is 2. The first-order valence-corrected chi connectivity index (χ1v) is 8.54.